The van der Waals surface area contributed by atoms with Gasteiger partial charge in [-0.1, -0.05) is 43.0 Å². The van der Waals surface area contributed by atoms with Crippen molar-refractivity contribution < 1.29 is 14.7 Å². The van der Waals surface area contributed by atoms with E-state index in [0.717, 1.165) is 27.1 Å². The predicted molar refractivity (Wildman–Crippen MR) is 113 cm³/mol. The first-order chi connectivity index (χ1) is 13.4. The maximum atomic E-state index is 12.7. The number of carbonyl (C=O) groups is 2. The van der Waals surface area contributed by atoms with Gasteiger partial charge in [0.15, 0.2) is 0 Å². The second-order valence-corrected chi connectivity index (χ2v) is 7.86. The van der Waals surface area contributed by atoms with Gasteiger partial charge >= 0.3 is 5.97 Å². The van der Waals surface area contributed by atoms with E-state index >= 15 is 0 Å². The minimum Gasteiger partial charge on any atom is -0.478 e. The molecule has 2 aromatic carbocycles. The third-order valence-corrected chi connectivity index (χ3v) is 5.81. The Morgan fingerprint density at radius 2 is 1.86 bits per heavy atom. The number of hydrogen-bond donors (Lipinski definition) is 2. The van der Waals surface area contributed by atoms with Crippen molar-refractivity contribution in [2.75, 3.05) is 5.32 Å². The van der Waals surface area contributed by atoms with Crippen LogP contribution in [0.1, 0.15) is 34.8 Å². The third-order valence-electron chi connectivity index (χ3n) is 4.53. The van der Waals surface area contributed by atoms with Crippen LogP contribution in [0.15, 0.2) is 53.6 Å². The zero-order valence-electron chi connectivity index (χ0n) is 16.0. The fourth-order valence-corrected chi connectivity index (χ4v) is 4.03. The summed E-state index contributed by atoms with van der Waals surface area (Å²) in [5, 5.41) is 13.5. The minimum absolute atomic E-state index is 0.140. The Morgan fingerprint density at radius 1 is 1.11 bits per heavy atom. The maximum absolute atomic E-state index is 12.7. The minimum atomic E-state index is -1.02. The van der Waals surface area contributed by atoms with Gasteiger partial charge in [0.1, 0.15) is 0 Å². The number of fused-ring (bicyclic) bond motifs is 1. The topological polar surface area (TPSA) is 79.3 Å². The lowest BCUT2D eigenvalue weighted by atomic mass is 10.1. The van der Waals surface area contributed by atoms with Crippen molar-refractivity contribution in [1.82, 2.24) is 4.98 Å². The largest absolute Gasteiger partial charge is 0.478 e. The van der Waals surface area contributed by atoms with Crippen LogP contribution in [0.4, 0.5) is 5.69 Å². The Kier molecular flexibility index (Phi) is 5.99. The van der Waals surface area contributed by atoms with Crippen molar-refractivity contribution in [3.8, 4) is 0 Å². The molecular weight excluding hydrogens is 372 g/mol. The fourth-order valence-electron chi connectivity index (χ4n) is 3.01. The van der Waals surface area contributed by atoms with Gasteiger partial charge in [-0.25, -0.2) is 9.78 Å². The Balaban J connectivity index is 1.81. The van der Waals surface area contributed by atoms with E-state index in [1.807, 2.05) is 39.0 Å². The van der Waals surface area contributed by atoms with E-state index in [0.29, 0.717) is 12.1 Å². The molecule has 0 spiro atoms. The molecule has 5 nitrogen and oxygen atoms in total. The van der Waals surface area contributed by atoms with Crippen LogP contribution in [0.2, 0.25) is 0 Å². The van der Waals surface area contributed by atoms with E-state index in [9.17, 15) is 9.59 Å². The predicted octanol–water partition coefficient (Wildman–Crippen LogP) is 5.06. The molecule has 6 heteroatoms. The summed E-state index contributed by atoms with van der Waals surface area (Å²) in [6.07, 6.45) is 0.627. The normalized spacial score (nSPS) is 12.0. The van der Waals surface area contributed by atoms with Crippen LogP contribution in [0.3, 0.4) is 0 Å². The van der Waals surface area contributed by atoms with Gasteiger partial charge in [-0.05, 0) is 55.7 Å². The average Bonchev–Trinajstić information content (AvgIpc) is 2.67. The summed E-state index contributed by atoms with van der Waals surface area (Å²) in [4.78, 5) is 28.6. The van der Waals surface area contributed by atoms with E-state index in [4.69, 9.17) is 10.1 Å². The number of rotatable bonds is 6. The smallest absolute Gasteiger partial charge is 0.335 e. The molecule has 0 aliphatic carbocycles. The lowest BCUT2D eigenvalue weighted by Crippen LogP contribution is -2.24. The van der Waals surface area contributed by atoms with Crippen molar-refractivity contribution in [3.05, 3.63) is 65.2 Å². The number of anilines is 1. The summed E-state index contributed by atoms with van der Waals surface area (Å²) in [5.41, 5.74) is 3.80. The highest BCUT2D eigenvalue weighted by Crippen LogP contribution is 2.30. The van der Waals surface area contributed by atoms with Crippen molar-refractivity contribution in [3.63, 3.8) is 0 Å². The van der Waals surface area contributed by atoms with Crippen LogP contribution < -0.4 is 5.32 Å². The number of nitrogens with one attached hydrogen (secondary N) is 1. The van der Waals surface area contributed by atoms with Crippen molar-refractivity contribution in [2.45, 2.75) is 37.5 Å². The zero-order valence-corrected chi connectivity index (χ0v) is 16.8. The number of carbonyl (C=O) groups excluding carboxylic acids is 1. The Hall–Kier alpha value is -2.86. The molecule has 1 aromatic heterocycles. The Bertz CT molecular complexity index is 1050. The molecule has 1 amide bonds. The zero-order chi connectivity index (χ0) is 20.3. The molecule has 3 aromatic rings. The number of hydrogen-bond acceptors (Lipinski definition) is 4. The number of carboxylic acids is 1. The fraction of sp³-hybridized carbons (Fsp3) is 0.227. The summed E-state index contributed by atoms with van der Waals surface area (Å²) in [7, 11) is 0. The summed E-state index contributed by atoms with van der Waals surface area (Å²) in [6, 6.07) is 14.4. The molecule has 2 N–H and O–H groups in total. The highest BCUT2D eigenvalue weighted by Gasteiger charge is 2.20. The van der Waals surface area contributed by atoms with Gasteiger partial charge in [0.2, 0.25) is 5.91 Å². The van der Waals surface area contributed by atoms with E-state index in [-0.39, 0.29) is 16.7 Å². The molecule has 1 heterocycles. The number of aromatic nitrogens is 1. The van der Waals surface area contributed by atoms with E-state index in [1.165, 1.54) is 23.9 Å². The number of nitrogens with zero attached hydrogens (tertiary/aromatic N) is 1. The van der Waals surface area contributed by atoms with E-state index in [1.54, 1.807) is 12.1 Å². The van der Waals surface area contributed by atoms with Crippen LogP contribution in [0, 0.1) is 13.8 Å². The molecule has 0 saturated heterocycles. The molecule has 0 fully saturated rings. The highest BCUT2D eigenvalue weighted by atomic mass is 32.2. The van der Waals surface area contributed by atoms with Crippen LogP contribution in [-0.2, 0) is 4.79 Å². The monoisotopic (exact) mass is 394 g/mol. The van der Waals surface area contributed by atoms with Gasteiger partial charge in [0.05, 0.1) is 21.4 Å². The molecule has 144 valence electrons. The number of amides is 1. The molecule has 0 saturated carbocycles. The summed E-state index contributed by atoms with van der Waals surface area (Å²) in [6.45, 7) is 6.03. The SMILES string of the molecule is CCC(Sc1cc(C)c2cccc(C)c2n1)C(=O)Nc1cccc(C(=O)O)c1. The molecule has 28 heavy (non-hydrogen) atoms. The Labute approximate surface area is 168 Å². The lowest BCUT2D eigenvalue weighted by Gasteiger charge is -2.16. The number of carboxylic acid groups (broad SMARTS) is 1. The molecular formula is C22H22N2O3S. The quantitative estimate of drug-likeness (QED) is 0.571. The van der Waals surface area contributed by atoms with Crippen LogP contribution in [0.5, 0.6) is 0 Å². The number of benzene rings is 2. The molecule has 0 aliphatic rings. The third kappa shape index (κ3) is 4.34. The molecule has 0 radical (unpaired) electrons. The standard InChI is InChI=1S/C22H22N2O3S/c1-4-18(21(25)23-16-9-6-8-15(12-16)22(26)27)28-19-11-14(3)17-10-5-7-13(2)20(17)24-19/h5-12,18H,4H2,1-3H3,(H,23,25)(H,26,27). The first-order valence-corrected chi connectivity index (χ1v) is 9.95. The number of aromatic carboxylic acids is 1. The van der Waals surface area contributed by atoms with E-state index < -0.39 is 5.97 Å². The first kappa shape index (κ1) is 19.9. The second kappa shape index (κ2) is 8.44. The van der Waals surface area contributed by atoms with Crippen molar-refractivity contribution in [2.24, 2.45) is 0 Å². The van der Waals surface area contributed by atoms with Gasteiger partial charge in [0.25, 0.3) is 0 Å². The number of pyridine rings is 1. The van der Waals surface area contributed by atoms with Gasteiger partial charge in [0, 0.05) is 11.1 Å². The summed E-state index contributed by atoms with van der Waals surface area (Å²) >= 11 is 1.42. The van der Waals surface area contributed by atoms with Crippen LogP contribution in [-0.4, -0.2) is 27.2 Å². The van der Waals surface area contributed by atoms with E-state index in [2.05, 4.69) is 11.4 Å². The molecule has 3 rings (SSSR count). The van der Waals surface area contributed by atoms with Gasteiger partial charge < -0.3 is 10.4 Å². The van der Waals surface area contributed by atoms with Crippen LogP contribution in [0.25, 0.3) is 10.9 Å². The van der Waals surface area contributed by atoms with Crippen molar-refractivity contribution in [1.29, 1.82) is 0 Å². The molecule has 0 aliphatic heterocycles. The molecule has 0 bridgehead atoms. The maximum Gasteiger partial charge on any atom is 0.335 e. The molecule has 1 atom stereocenters. The molecule has 1 unspecified atom stereocenters. The average molecular weight is 394 g/mol. The number of thioether (sulfide) groups is 1. The number of para-hydroxylation sites is 1. The summed E-state index contributed by atoms with van der Waals surface area (Å²) in [5.74, 6) is -1.19. The van der Waals surface area contributed by atoms with Gasteiger partial charge in [-0.2, -0.15) is 0 Å². The first-order valence-electron chi connectivity index (χ1n) is 9.07. The number of aryl methyl sites for hydroxylation is 2. The highest BCUT2D eigenvalue weighted by molar-refractivity contribution is 8.00. The van der Waals surface area contributed by atoms with Gasteiger partial charge in [-0.15, -0.1) is 0 Å². The summed E-state index contributed by atoms with van der Waals surface area (Å²) < 4.78 is 0. The lowest BCUT2D eigenvalue weighted by molar-refractivity contribution is -0.115. The van der Waals surface area contributed by atoms with Crippen LogP contribution >= 0.6 is 11.8 Å². The second-order valence-electron chi connectivity index (χ2n) is 6.64. The van der Waals surface area contributed by atoms with Gasteiger partial charge in [-0.3, -0.25) is 4.79 Å². The Morgan fingerprint density at radius 3 is 2.57 bits per heavy atom. The van der Waals surface area contributed by atoms with Crippen molar-refractivity contribution >= 4 is 40.2 Å².